The average Bonchev–Trinajstić information content (AvgIpc) is 2.38. The minimum absolute atomic E-state index is 0.295. The number of hydrogen-bond acceptors (Lipinski definition) is 5. The van der Waals surface area contributed by atoms with Crippen LogP contribution < -0.4 is 11.1 Å². The van der Waals surface area contributed by atoms with Crippen LogP contribution in [0, 0.1) is 0 Å². The summed E-state index contributed by atoms with van der Waals surface area (Å²) in [5.41, 5.74) is 6.13. The Kier molecular flexibility index (Phi) is 6.66. The molecule has 0 fully saturated rings. The van der Waals surface area contributed by atoms with E-state index in [1.54, 1.807) is 12.3 Å². The van der Waals surface area contributed by atoms with Crippen LogP contribution in [0.4, 0.5) is 5.95 Å². The molecule has 0 aliphatic carbocycles. The van der Waals surface area contributed by atoms with Crippen molar-refractivity contribution in [3.8, 4) is 0 Å². The molecule has 1 rings (SSSR count). The molecule has 19 heavy (non-hydrogen) atoms. The second-order valence-corrected chi connectivity index (χ2v) is 5.28. The van der Waals surface area contributed by atoms with Crippen molar-refractivity contribution in [1.82, 2.24) is 14.9 Å². The van der Waals surface area contributed by atoms with E-state index in [2.05, 4.69) is 41.1 Å². The number of hydrogen-bond donors (Lipinski definition) is 2. The Labute approximate surface area is 120 Å². The van der Waals surface area contributed by atoms with Crippen molar-refractivity contribution < 1.29 is 0 Å². The van der Waals surface area contributed by atoms with Gasteiger partial charge in [0, 0.05) is 18.8 Å². The highest BCUT2D eigenvalue weighted by atomic mass is 32.1. The van der Waals surface area contributed by atoms with Gasteiger partial charge in [-0.1, -0.05) is 12.2 Å². The second-order valence-electron chi connectivity index (χ2n) is 4.84. The lowest BCUT2D eigenvalue weighted by molar-refractivity contribution is 0.269. The van der Waals surface area contributed by atoms with Crippen molar-refractivity contribution in [1.29, 1.82) is 0 Å². The highest BCUT2D eigenvalue weighted by molar-refractivity contribution is 7.80. The summed E-state index contributed by atoms with van der Waals surface area (Å²) in [6.07, 6.45) is 3.89. The molecular formula is C13H23N5S. The van der Waals surface area contributed by atoms with Crippen molar-refractivity contribution in [2.45, 2.75) is 32.7 Å². The predicted octanol–water partition coefficient (Wildman–Crippen LogP) is 1.64. The van der Waals surface area contributed by atoms with Gasteiger partial charge in [-0.2, -0.15) is 0 Å². The molecule has 0 aliphatic heterocycles. The van der Waals surface area contributed by atoms with Crippen LogP contribution in [0.25, 0.3) is 0 Å². The van der Waals surface area contributed by atoms with E-state index in [1.165, 1.54) is 0 Å². The number of nitrogens with one attached hydrogen (secondary N) is 1. The summed E-state index contributed by atoms with van der Waals surface area (Å²) < 4.78 is 0. The monoisotopic (exact) mass is 281 g/mol. The SMILES string of the molecule is CC(C)N(C)CCCCNc1nccc(C(N)=S)n1. The molecule has 0 aliphatic rings. The molecule has 0 amide bonds. The van der Waals surface area contributed by atoms with Crippen molar-refractivity contribution >= 4 is 23.2 Å². The van der Waals surface area contributed by atoms with Gasteiger partial charge in [-0.3, -0.25) is 0 Å². The maximum atomic E-state index is 5.53. The van der Waals surface area contributed by atoms with Crippen molar-refractivity contribution in [2.75, 3.05) is 25.5 Å². The van der Waals surface area contributed by atoms with E-state index in [4.69, 9.17) is 18.0 Å². The van der Waals surface area contributed by atoms with Gasteiger partial charge >= 0.3 is 0 Å². The number of unbranched alkanes of at least 4 members (excludes halogenated alkanes) is 1. The van der Waals surface area contributed by atoms with Crippen molar-refractivity contribution in [3.63, 3.8) is 0 Å². The molecule has 0 unspecified atom stereocenters. The number of nitrogens with two attached hydrogens (primary N) is 1. The Morgan fingerprint density at radius 1 is 1.47 bits per heavy atom. The minimum Gasteiger partial charge on any atom is -0.388 e. The quantitative estimate of drug-likeness (QED) is 0.558. The Bertz CT molecular complexity index is 408. The van der Waals surface area contributed by atoms with Gasteiger partial charge in [0.05, 0.1) is 0 Å². The van der Waals surface area contributed by atoms with Gasteiger partial charge < -0.3 is 16.0 Å². The first-order chi connectivity index (χ1) is 9.00. The highest BCUT2D eigenvalue weighted by Gasteiger charge is 2.03. The number of anilines is 1. The lowest BCUT2D eigenvalue weighted by Gasteiger charge is -2.20. The van der Waals surface area contributed by atoms with E-state index in [-0.39, 0.29) is 0 Å². The third-order valence-corrected chi connectivity index (χ3v) is 3.22. The van der Waals surface area contributed by atoms with Gasteiger partial charge in [0.15, 0.2) is 0 Å². The molecule has 0 bridgehead atoms. The van der Waals surface area contributed by atoms with E-state index in [1.807, 2.05) is 0 Å². The lowest BCUT2D eigenvalue weighted by Crippen LogP contribution is -2.27. The molecule has 3 N–H and O–H groups in total. The fourth-order valence-corrected chi connectivity index (χ4v) is 1.64. The van der Waals surface area contributed by atoms with Gasteiger partial charge in [0.25, 0.3) is 0 Å². The molecule has 1 heterocycles. The third-order valence-electron chi connectivity index (χ3n) is 3.01. The Balaban J connectivity index is 2.26. The number of thiocarbonyl (C=S) groups is 1. The molecule has 0 atom stereocenters. The predicted molar refractivity (Wildman–Crippen MR) is 83.4 cm³/mol. The van der Waals surface area contributed by atoms with Crippen LogP contribution in [0.2, 0.25) is 0 Å². The summed E-state index contributed by atoms with van der Waals surface area (Å²) in [5.74, 6) is 0.586. The first-order valence-corrected chi connectivity index (χ1v) is 6.98. The minimum atomic E-state index is 0.295. The largest absolute Gasteiger partial charge is 0.388 e. The van der Waals surface area contributed by atoms with E-state index in [0.29, 0.717) is 22.7 Å². The molecule has 0 saturated heterocycles. The van der Waals surface area contributed by atoms with Crippen LogP contribution in [-0.4, -0.2) is 46.0 Å². The van der Waals surface area contributed by atoms with Crippen LogP contribution in [0.15, 0.2) is 12.3 Å². The zero-order valence-electron chi connectivity index (χ0n) is 11.9. The van der Waals surface area contributed by atoms with Crippen molar-refractivity contribution in [3.05, 3.63) is 18.0 Å². The van der Waals surface area contributed by atoms with E-state index < -0.39 is 0 Å². The molecule has 0 saturated carbocycles. The Hall–Kier alpha value is -1.27. The number of aromatic nitrogens is 2. The van der Waals surface area contributed by atoms with Gasteiger partial charge in [-0.05, 0) is 46.3 Å². The van der Waals surface area contributed by atoms with Crippen LogP contribution in [0.1, 0.15) is 32.4 Å². The molecule has 5 nitrogen and oxygen atoms in total. The second kappa shape index (κ2) is 8.01. The molecule has 6 heteroatoms. The molecule has 0 spiro atoms. The number of nitrogens with zero attached hydrogens (tertiary/aromatic N) is 3. The van der Waals surface area contributed by atoms with Crippen LogP contribution in [-0.2, 0) is 0 Å². The summed E-state index contributed by atoms with van der Waals surface area (Å²) in [5, 5.41) is 3.19. The zero-order valence-corrected chi connectivity index (χ0v) is 12.7. The lowest BCUT2D eigenvalue weighted by atomic mass is 10.2. The highest BCUT2D eigenvalue weighted by Crippen LogP contribution is 2.02. The molecular weight excluding hydrogens is 258 g/mol. The first kappa shape index (κ1) is 15.8. The molecule has 1 aromatic heterocycles. The molecule has 1 aromatic rings. The van der Waals surface area contributed by atoms with Crippen LogP contribution in [0.5, 0.6) is 0 Å². The topological polar surface area (TPSA) is 67.1 Å². The standard InChI is InChI=1S/C13H23N5S/c1-10(2)18(3)9-5-4-7-15-13-16-8-6-11(17-13)12(14)19/h6,8,10H,4-5,7,9H2,1-3H3,(H2,14,19)(H,15,16,17). The summed E-state index contributed by atoms with van der Waals surface area (Å²) in [4.78, 5) is 11.0. The van der Waals surface area contributed by atoms with E-state index in [9.17, 15) is 0 Å². The third kappa shape index (κ3) is 5.94. The summed E-state index contributed by atoms with van der Waals surface area (Å²) in [7, 11) is 2.15. The Morgan fingerprint density at radius 2 is 2.21 bits per heavy atom. The fraction of sp³-hybridized carbons (Fsp3) is 0.615. The Morgan fingerprint density at radius 3 is 2.84 bits per heavy atom. The summed E-state index contributed by atoms with van der Waals surface area (Å²) >= 11 is 4.88. The summed E-state index contributed by atoms with van der Waals surface area (Å²) in [6, 6.07) is 2.31. The van der Waals surface area contributed by atoms with Crippen LogP contribution in [0.3, 0.4) is 0 Å². The maximum absolute atomic E-state index is 5.53. The van der Waals surface area contributed by atoms with Gasteiger partial charge in [-0.15, -0.1) is 0 Å². The molecule has 0 aromatic carbocycles. The van der Waals surface area contributed by atoms with Gasteiger partial charge in [0.2, 0.25) is 5.95 Å². The fourth-order valence-electron chi connectivity index (χ4n) is 1.53. The molecule has 0 radical (unpaired) electrons. The number of rotatable bonds is 8. The van der Waals surface area contributed by atoms with E-state index >= 15 is 0 Å². The normalized spacial score (nSPS) is 11.0. The smallest absolute Gasteiger partial charge is 0.223 e. The zero-order chi connectivity index (χ0) is 14.3. The van der Waals surface area contributed by atoms with Crippen LogP contribution >= 0.6 is 12.2 Å². The molecule has 106 valence electrons. The van der Waals surface area contributed by atoms with Gasteiger partial charge in [-0.25, -0.2) is 9.97 Å². The maximum Gasteiger partial charge on any atom is 0.223 e. The van der Waals surface area contributed by atoms with Gasteiger partial charge in [0.1, 0.15) is 10.7 Å². The average molecular weight is 281 g/mol. The first-order valence-electron chi connectivity index (χ1n) is 6.57. The van der Waals surface area contributed by atoms with Crippen molar-refractivity contribution in [2.24, 2.45) is 5.73 Å². The van der Waals surface area contributed by atoms with E-state index in [0.717, 1.165) is 25.9 Å². The summed E-state index contributed by atoms with van der Waals surface area (Å²) in [6.45, 7) is 6.36.